The fraction of sp³-hybridized carbons (Fsp3) is 0.111. The average Bonchev–Trinajstić information content (AvgIpc) is 3.09. The Bertz CT molecular complexity index is 909. The Hall–Kier alpha value is -3.08. The second kappa shape index (κ2) is 4.98. The second-order valence-corrected chi connectivity index (χ2v) is 5.58. The van der Waals surface area contributed by atoms with E-state index in [9.17, 15) is 9.59 Å². The molecular formula is C18H14N2O3. The molecule has 0 atom stereocenters. The summed E-state index contributed by atoms with van der Waals surface area (Å²) in [6, 6.07) is 14.7. The monoisotopic (exact) mass is 306 g/mol. The van der Waals surface area contributed by atoms with Crippen LogP contribution in [0.1, 0.15) is 16.1 Å². The highest BCUT2D eigenvalue weighted by atomic mass is 16.3. The molecule has 5 heteroatoms. The molecular weight excluding hydrogens is 292 g/mol. The molecule has 0 fully saturated rings. The van der Waals surface area contributed by atoms with Crippen LogP contribution >= 0.6 is 0 Å². The van der Waals surface area contributed by atoms with E-state index in [4.69, 9.17) is 4.42 Å². The maximum atomic E-state index is 12.3. The van der Waals surface area contributed by atoms with E-state index in [1.54, 1.807) is 24.1 Å². The molecule has 2 amide bonds. The molecule has 114 valence electrons. The first-order valence-electron chi connectivity index (χ1n) is 7.31. The van der Waals surface area contributed by atoms with Crippen molar-refractivity contribution in [1.82, 2.24) is 0 Å². The minimum absolute atomic E-state index is 0.0563. The van der Waals surface area contributed by atoms with E-state index in [-0.39, 0.29) is 17.6 Å². The summed E-state index contributed by atoms with van der Waals surface area (Å²) in [5, 5.41) is 3.70. The van der Waals surface area contributed by atoms with Gasteiger partial charge in [0.1, 0.15) is 5.58 Å². The van der Waals surface area contributed by atoms with Gasteiger partial charge in [-0.1, -0.05) is 18.2 Å². The normalized spacial score (nSPS) is 13.4. The van der Waals surface area contributed by atoms with Crippen molar-refractivity contribution in [3.8, 4) is 0 Å². The number of furan rings is 1. The van der Waals surface area contributed by atoms with Crippen LogP contribution in [0.2, 0.25) is 0 Å². The van der Waals surface area contributed by atoms with E-state index in [1.165, 1.54) is 0 Å². The summed E-state index contributed by atoms with van der Waals surface area (Å²) < 4.78 is 5.55. The van der Waals surface area contributed by atoms with Crippen LogP contribution in [-0.2, 0) is 11.2 Å². The second-order valence-electron chi connectivity index (χ2n) is 5.58. The van der Waals surface area contributed by atoms with Crippen molar-refractivity contribution >= 4 is 34.2 Å². The van der Waals surface area contributed by atoms with Gasteiger partial charge < -0.3 is 14.6 Å². The zero-order chi connectivity index (χ0) is 16.0. The van der Waals surface area contributed by atoms with E-state index in [0.717, 1.165) is 16.6 Å². The molecule has 0 radical (unpaired) electrons. The maximum Gasteiger partial charge on any atom is 0.291 e. The quantitative estimate of drug-likeness (QED) is 0.791. The lowest BCUT2D eigenvalue weighted by Gasteiger charge is -2.10. The van der Waals surface area contributed by atoms with Gasteiger partial charge in [0, 0.05) is 23.8 Å². The first-order chi connectivity index (χ1) is 11.1. The Morgan fingerprint density at radius 3 is 2.83 bits per heavy atom. The molecule has 0 saturated carbocycles. The summed E-state index contributed by atoms with van der Waals surface area (Å²) in [6.45, 7) is 0. The Labute approximate surface area is 132 Å². The predicted molar refractivity (Wildman–Crippen MR) is 87.7 cm³/mol. The number of likely N-dealkylation sites (N-methyl/N-ethyl adjacent to an activating group) is 1. The third-order valence-electron chi connectivity index (χ3n) is 4.06. The zero-order valence-corrected chi connectivity index (χ0v) is 12.5. The Morgan fingerprint density at radius 1 is 1.17 bits per heavy atom. The number of carbonyl (C=O) groups excluding carboxylic acids is 2. The summed E-state index contributed by atoms with van der Waals surface area (Å²) in [6.07, 6.45) is 0.361. The van der Waals surface area contributed by atoms with Crippen molar-refractivity contribution < 1.29 is 14.0 Å². The van der Waals surface area contributed by atoms with Gasteiger partial charge >= 0.3 is 0 Å². The lowest BCUT2D eigenvalue weighted by molar-refractivity contribution is -0.117. The molecule has 0 unspecified atom stereocenters. The van der Waals surface area contributed by atoms with Gasteiger partial charge in [0.25, 0.3) is 5.91 Å². The van der Waals surface area contributed by atoms with Crippen molar-refractivity contribution in [3.05, 3.63) is 59.9 Å². The average molecular weight is 306 g/mol. The number of nitrogens with one attached hydrogen (secondary N) is 1. The topological polar surface area (TPSA) is 62.6 Å². The number of anilines is 2. The first kappa shape index (κ1) is 13.6. The Morgan fingerprint density at radius 2 is 2.00 bits per heavy atom. The predicted octanol–water partition coefficient (Wildman–Crippen LogP) is 3.20. The SMILES string of the molecule is CN1C(=O)Cc2cc(NC(=O)c3cc4ccccc4o3)ccc21. The molecule has 1 aliphatic rings. The number of carbonyl (C=O) groups is 2. The fourth-order valence-electron chi connectivity index (χ4n) is 2.83. The maximum absolute atomic E-state index is 12.3. The number of hydrogen-bond donors (Lipinski definition) is 1. The number of amides is 2. The number of rotatable bonds is 2. The van der Waals surface area contributed by atoms with Crippen LogP contribution in [0.4, 0.5) is 11.4 Å². The molecule has 1 aromatic heterocycles. The van der Waals surface area contributed by atoms with Gasteiger partial charge in [0.05, 0.1) is 6.42 Å². The van der Waals surface area contributed by atoms with E-state index < -0.39 is 0 Å². The van der Waals surface area contributed by atoms with Gasteiger partial charge in [-0.25, -0.2) is 0 Å². The number of para-hydroxylation sites is 1. The summed E-state index contributed by atoms with van der Waals surface area (Å²) in [5.74, 6) is 0.0134. The molecule has 0 spiro atoms. The van der Waals surface area contributed by atoms with E-state index in [1.807, 2.05) is 36.4 Å². The van der Waals surface area contributed by atoms with Gasteiger partial charge in [-0.3, -0.25) is 9.59 Å². The third-order valence-corrected chi connectivity index (χ3v) is 4.06. The first-order valence-corrected chi connectivity index (χ1v) is 7.31. The minimum atomic E-state index is -0.307. The van der Waals surface area contributed by atoms with Gasteiger partial charge in [-0.2, -0.15) is 0 Å². The summed E-state index contributed by atoms with van der Waals surface area (Å²) in [4.78, 5) is 25.7. The molecule has 0 saturated heterocycles. The van der Waals surface area contributed by atoms with Gasteiger partial charge in [0.15, 0.2) is 5.76 Å². The Kier molecular flexibility index (Phi) is 2.94. The standard InChI is InChI=1S/C18H14N2O3/c1-20-14-7-6-13(8-12(14)10-17(20)21)19-18(22)16-9-11-4-2-3-5-15(11)23-16/h2-9H,10H2,1H3,(H,19,22). The lowest BCUT2D eigenvalue weighted by atomic mass is 10.1. The molecule has 1 aliphatic heterocycles. The van der Waals surface area contributed by atoms with Crippen LogP contribution in [0, 0.1) is 0 Å². The highest BCUT2D eigenvalue weighted by Gasteiger charge is 2.24. The van der Waals surface area contributed by atoms with Crippen molar-refractivity contribution in [1.29, 1.82) is 0 Å². The molecule has 5 nitrogen and oxygen atoms in total. The number of benzene rings is 2. The molecule has 1 N–H and O–H groups in total. The van der Waals surface area contributed by atoms with Crippen molar-refractivity contribution in [3.63, 3.8) is 0 Å². The largest absolute Gasteiger partial charge is 0.451 e. The van der Waals surface area contributed by atoms with Gasteiger partial charge in [-0.05, 0) is 35.9 Å². The van der Waals surface area contributed by atoms with Crippen molar-refractivity contribution in [2.75, 3.05) is 17.3 Å². The number of nitrogens with zero attached hydrogens (tertiary/aromatic N) is 1. The van der Waals surface area contributed by atoms with Crippen LogP contribution in [0.15, 0.2) is 52.9 Å². The summed E-state index contributed by atoms with van der Waals surface area (Å²) in [7, 11) is 1.75. The smallest absolute Gasteiger partial charge is 0.291 e. The molecule has 4 rings (SSSR count). The summed E-state index contributed by atoms with van der Waals surface area (Å²) >= 11 is 0. The number of hydrogen-bond acceptors (Lipinski definition) is 3. The van der Waals surface area contributed by atoms with Crippen molar-refractivity contribution in [2.24, 2.45) is 0 Å². The van der Waals surface area contributed by atoms with E-state index in [0.29, 0.717) is 17.7 Å². The van der Waals surface area contributed by atoms with Gasteiger partial charge in [-0.15, -0.1) is 0 Å². The van der Waals surface area contributed by atoms with Crippen LogP contribution in [0.25, 0.3) is 11.0 Å². The number of fused-ring (bicyclic) bond motifs is 2. The molecule has 0 aliphatic carbocycles. The Balaban J connectivity index is 1.60. The minimum Gasteiger partial charge on any atom is -0.451 e. The van der Waals surface area contributed by atoms with E-state index >= 15 is 0 Å². The molecule has 2 heterocycles. The molecule has 0 bridgehead atoms. The summed E-state index contributed by atoms with van der Waals surface area (Å²) in [5.41, 5.74) is 3.13. The molecule has 23 heavy (non-hydrogen) atoms. The zero-order valence-electron chi connectivity index (χ0n) is 12.5. The lowest BCUT2D eigenvalue weighted by Crippen LogP contribution is -2.20. The highest BCUT2D eigenvalue weighted by molar-refractivity contribution is 6.06. The van der Waals surface area contributed by atoms with Crippen molar-refractivity contribution in [2.45, 2.75) is 6.42 Å². The van der Waals surface area contributed by atoms with Crippen LogP contribution in [0.3, 0.4) is 0 Å². The third kappa shape index (κ3) is 2.26. The van der Waals surface area contributed by atoms with Gasteiger partial charge in [0.2, 0.25) is 5.91 Å². The molecule has 3 aromatic rings. The van der Waals surface area contributed by atoms with E-state index in [2.05, 4.69) is 5.32 Å². The van der Waals surface area contributed by atoms with Crippen LogP contribution in [0.5, 0.6) is 0 Å². The van der Waals surface area contributed by atoms with Crippen LogP contribution < -0.4 is 10.2 Å². The molecule has 2 aromatic carbocycles. The fourth-order valence-corrected chi connectivity index (χ4v) is 2.83. The highest BCUT2D eigenvalue weighted by Crippen LogP contribution is 2.30. The van der Waals surface area contributed by atoms with Crippen LogP contribution in [-0.4, -0.2) is 18.9 Å².